The molecular weight excluding hydrogens is 318 g/mol. The van der Waals surface area contributed by atoms with Gasteiger partial charge in [-0.15, -0.1) is 0 Å². The number of carbonyl (C=O) groups excluding carboxylic acids is 2. The maximum Gasteiger partial charge on any atom is 0.240 e. The van der Waals surface area contributed by atoms with Crippen LogP contribution >= 0.6 is 0 Å². The molecular formula is C19H27N3O3. The van der Waals surface area contributed by atoms with Crippen molar-refractivity contribution in [1.82, 2.24) is 5.32 Å². The third-order valence-corrected chi connectivity index (χ3v) is 5.03. The van der Waals surface area contributed by atoms with Crippen LogP contribution in [0.3, 0.4) is 0 Å². The Hall–Kier alpha value is -2.08. The molecule has 1 aromatic carbocycles. The fourth-order valence-electron chi connectivity index (χ4n) is 3.25. The molecule has 2 N–H and O–H groups in total. The third-order valence-electron chi connectivity index (χ3n) is 5.03. The maximum absolute atomic E-state index is 12.6. The first-order chi connectivity index (χ1) is 12.2. The Morgan fingerprint density at radius 3 is 2.40 bits per heavy atom. The molecule has 1 aliphatic heterocycles. The minimum absolute atomic E-state index is 0.171. The van der Waals surface area contributed by atoms with Gasteiger partial charge in [-0.1, -0.05) is 0 Å². The fourth-order valence-corrected chi connectivity index (χ4v) is 3.25. The van der Waals surface area contributed by atoms with Gasteiger partial charge in [0, 0.05) is 44.7 Å². The van der Waals surface area contributed by atoms with E-state index in [9.17, 15) is 9.59 Å². The van der Waals surface area contributed by atoms with E-state index < -0.39 is 5.41 Å². The molecule has 1 aliphatic carbocycles. The number of nitrogens with zero attached hydrogens (tertiary/aromatic N) is 1. The summed E-state index contributed by atoms with van der Waals surface area (Å²) in [4.78, 5) is 27.2. The van der Waals surface area contributed by atoms with Crippen molar-refractivity contribution in [1.29, 1.82) is 0 Å². The summed E-state index contributed by atoms with van der Waals surface area (Å²) in [7, 11) is 1.63. The number of methoxy groups -OCH3 is 1. The zero-order chi connectivity index (χ0) is 17.7. The van der Waals surface area contributed by atoms with Gasteiger partial charge < -0.3 is 20.3 Å². The minimum atomic E-state index is -0.888. The Kier molecular flexibility index (Phi) is 5.58. The van der Waals surface area contributed by atoms with Crippen molar-refractivity contribution < 1.29 is 14.3 Å². The van der Waals surface area contributed by atoms with Crippen molar-refractivity contribution in [3.05, 3.63) is 24.3 Å². The number of benzene rings is 1. The Labute approximate surface area is 148 Å². The normalized spacial score (nSPS) is 18.0. The van der Waals surface area contributed by atoms with Crippen LogP contribution in [-0.2, 0) is 14.3 Å². The smallest absolute Gasteiger partial charge is 0.240 e. The Balaban J connectivity index is 1.53. The first-order valence-corrected chi connectivity index (χ1v) is 9.09. The molecule has 0 radical (unpaired) electrons. The maximum atomic E-state index is 12.6. The van der Waals surface area contributed by atoms with Crippen LogP contribution in [0.4, 0.5) is 11.4 Å². The van der Waals surface area contributed by atoms with Crippen LogP contribution in [0.5, 0.6) is 0 Å². The molecule has 0 unspecified atom stereocenters. The molecule has 1 saturated heterocycles. The quantitative estimate of drug-likeness (QED) is 0.559. The van der Waals surface area contributed by atoms with Crippen molar-refractivity contribution in [3.8, 4) is 0 Å². The van der Waals surface area contributed by atoms with Gasteiger partial charge in [0.25, 0.3) is 0 Å². The SMILES string of the molecule is COCCCNC(=O)C1(C(=O)Nc2ccc(N3CCCC3)cc2)CC1. The molecule has 6 heteroatoms. The van der Waals surface area contributed by atoms with E-state index >= 15 is 0 Å². The van der Waals surface area contributed by atoms with Crippen molar-refractivity contribution in [2.45, 2.75) is 32.1 Å². The highest BCUT2D eigenvalue weighted by atomic mass is 16.5. The Morgan fingerprint density at radius 2 is 1.80 bits per heavy atom. The topological polar surface area (TPSA) is 70.7 Å². The molecule has 2 fully saturated rings. The zero-order valence-electron chi connectivity index (χ0n) is 14.8. The van der Waals surface area contributed by atoms with Gasteiger partial charge in [-0.3, -0.25) is 9.59 Å². The van der Waals surface area contributed by atoms with E-state index in [0.29, 0.717) is 26.0 Å². The van der Waals surface area contributed by atoms with Gasteiger partial charge in [0.1, 0.15) is 5.41 Å². The summed E-state index contributed by atoms with van der Waals surface area (Å²) in [5, 5.41) is 5.75. The van der Waals surface area contributed by atoms with Crippen LogP contribution in [0, 0.1) is 5.41 Å². The van der Waals surface area contributed by atoms with Crippen LogP contribution < -0.4 is 15.5 Å². The third kappa shape index (κ3) is 4.12. The van der Waals surface area contributed by atoms with E-state index in [4.69, 9.17) is 4.74 Å². The van der Waals surface area contributed by atoms with E-state index in [1.807, 2.05) is 24.3 Å². The zero-order valence-corrected chi connectivity index (χ0v) is 14.8. The molecule has 136 valence electrons. The Morgan fingerprint density at radius 1 is 1.12 bits per heavy atom. The molecule has 2 amide bonds. The van der Waals surface area contributed by atoms with Crippen molar-refractivity contribution in [2.24, 2.45) is 5.41 Å². The highest BCUT2D eigenvalue weighted by Crippen LogP contribution is 2.46. The van der Waals surface area contributed by atoms with Gasteiger partial charge in [-0.2, -0.15) is 0 Å². The van der Waals surface area contributed by atoms with Gasteiger partial charge in [-0.05, 0) is 56.4 Å². The highest BCUT2D eigenvalue weighted by Gasteiger charge is 2.56. The minimum Gasteiger partial charge on any atom is -0.385 e. The molecule has 0 bridgehead atoms. The lowest BCUT2D eigenvalue weighted by atomic mass is 10.0. The van der Waals surface area contributed by atoms with Gasteiger partial charge in [0.05, 0.1) is 0 Å². The summed E-state index contributed by atoms with van der Waals surface area (Å²) >= 11 is 0. The monoisotopic (exact) mass is 345 g/mol. The highest BCUT2D eigenvalue weighted by molar-refractivity contribution is 6.13. The van der Waals surface area contributed by atoms with Gasteiger partial charge >= 0.3 is 0 Å². The summed E-state index contributed by atoms with van der Waals surface area (Å²) in [6, 6.07) is 7.90. The van der Waals surface area contributed by atoms with Crippen molar-refractivity contribution in [2.75, 3.05) is 43.6 Å². The van der Waals surface area contributed by atoms with Crippen LogP contribution in [0.25, 0.3) is 0 Å². The summed E-state index contributed by atoms with van der Waals surface area (Å²) in [5.41, 5.74) is 1.04. The van der Waals surface area contributed by atoms with E-state index in [-0.39, 0.29) is 11.8 Å². The summed E-state index contributed by atoms with van der Waals surface area (Å²) < 4.78 is 4.96. The number of carbonyl (C=O) groups is 2. The van der Waals surface area contributed by atoms with E-state index in [1.165, 1.54) is 18.5 Å². The Bertz CT molecular complexity index is 605. The number of nitrogens with one attached hydrogen (secondary N) is 2. The molecule has 0 atom stereocenters. The second-order valence-corrected chi connectivity index (χ2v) is 6.88. The molecule has 2 aliphatic rings. The van der Waals surface area contributed by atoms with Crippen LogP contribution in [-0.4, -0.2) is 45.2 Å². The lowest BCUT2D eigenvalue weighted by molar-refractivity contribution is -0.134. The molecule has 1 heterocycles. The second kappa shape index (κ2) is 7.87. The number of hydrogen-bond acceptors (Lipinski definition) is 4. The van der Waals surface area contributed by atoms with Crippen molar-refractivity contribution in [3.63, 3.8) is 0 Å². The summed E-state index contributed by atoms with van der Waals surface area (Å²) in [6.07, 6.45) is 4.44. The molecule has 25 heavy (non-hydrogen) atoms. The second-order valence-electron chi connectivity index (χ2n) is 6.88. The van der Waals surface area contributed by atoms with Gasteiger partial charge in [0.15, 0.2) is 0 Å². The standard InChI is InChI=1S/C19H27N3O3/c1-25-14-4-11-20-17(23)19(9-10-19)18(24)21-15-5-7-16(8-6-15)22-12-2-3-13-22/h5-8H,2-4,9-14H2,1H3,(H,20,23)(H,21,24). The predicted octanol–water partition coefficient (Wildman–Crippen LogP) is 2.16. The van der Waals surface area contributed by atoms with Crippen LogP contribution in [0.2, 0.25) is 0 Å². The molecule has 1 saturated carbocycles. The lowest BCUT2D eigenvalue weighted by Crippen LogP contribution is -2.40. The number of ether oxygens (including phenoxy) is 1. The van der Waals surface area contributed by atoms with E-state index in [2.05, 4.69) is 15.5 Å². The first-order valence-electron chi connectivity index (χ1n) is 9.09. The fraction of sp³-hybridized carbons (Fsp3) is 0.579. The number of hydrogen-bond donors (Lipinski definition) is 2. The average molecular weight is 345 g/mol. The first kappa shape index (κ1) is 17.7. The molecule has 6 nitrogen and oxygen atoms in total. The summed E-state index contributed by atoms with van der Waals surface area (Å²) in [6.45, 7) is 3.32. The number of rotatable bonds is 8. The predicted molar refractivity (Wildman–Crippen MR) is 97.7 cm³/mol. The molecule has 0 aromatic heterocycles. The summed E-state index contributed by atoms with van der Waals surface area (Å²) in [5.74, 6) is -0.375. The largest absolute Gasteiger partial charge is 0.385 e. The number of anilines is 2. The van der Waals surface area contributed by atoms with E-state index in [1.54, 1.807) is 7.11 Å². The van der Waals surface area contributed by atoms with E-state index in [0.717, 1.165) is 25.2 Å². The van der Waals surface area contributed by atoms with Gasteiger partial charge in [-0.25, -0.2) is 0 Å². The van der Waals surface area contributed by atoms with Crippen molar-refractivity contribution >= 4 is 23.2 Å². The molecule has 3 rings (SSSR count). The van der Waals surface area contributed by atoms with Crippen LogP contribution in [0.1, 0.15) is 32.1 Å². The van der Waals surface area contributed by atoms with Gasteiger partial charge in [0.2, 0.25) is 11.8 Å². The number of amides is 2. The van der Waals surface area contributed by atoms with Crippen LogP contribution in [0.15, 0.2) is 24.3 Å². The average Bonchev–Trinajstić information content (AvgIpc) is 3.27. The molecule has 0 spiro atoms. The molecule has 1 aromatic rings. The lowest BCUT2D eigenvalue weighted by Gasteiger charge is -2.19.